The lowest BCUT2D eigenvalue weighted by Crippen LogP contribution is -2.59. The lowest BCUT2D eigenvalue weighted by Gasteiger charge is -2.41. The van der Waals surface area contributed by atoms with Crippen LogP contribution >= 0.6 is 11.6 Å². The summed E-state index contributed by atoms with van der Waals surface area (Å²) in [4.78, 5) is 26.5. The van der Waals surface area contributed by atoms with Crippen molar-refractivity contribution in [2.75, 3.05) is 7.11 Å². The molecule has 160 valence electrons. The third-order valence-corrected chi connectivity index (χ3v) is 8.44. The minimum absolute atomic E-state index is 0.284. The molecule has 2 aromatic carbocycles. The molecule has 1 heterocycles. The lowest BCUT2D eigenvalue weighted by molar-refractivity contribution is -0.132. The third-order valence-electron chi connectivity index (χ3n) is 5.95. The zero-order chi connectivity index (χ0) is 22.4. The number of hydrogen-bond donors (Lipinski definition) is 0. The first-order valence-corrected chi connectivity index (χ1v) is 11.5. The van der Waals surface area contributed by atoms with Crippen molar-refractivity contribution < 1.29 is 18.5 Å². The van der Waals surface area contributed by atoms with E-state index in [0.717, 1.165) is 16.7 Å². The predicted molar refractivity (Wildman–Crippen MR) is 122 cm³/mol. The van der Waals surface area contributed by atoms with E-state index in [2.05, 4.69) is 0 Å². The normalized spacial score (nSPS) is 22.8. The highest BCUT2D eigenvalue weighted by molar-refractivity contribution is 7.89. The van der Waals surface area contributed by atoms with Crippen molar-refractivity contribution in [2.45, 2.75) is 56.5 Å². The first kappa shape index (κ1) is 22.7. The van der Waals surface area contributed by atoms with Crippen molar-refractivity contribution in [2.24, 2.45) is 0 Å². The summed E-state index contributed by atoms with van der Waals surface area (Å²) in [5.74, 6) is -0.796. The van der Waals surface area contributed by atoms with Crippen molar-refractivity contribution in [3.63, 3.8) is 0 Å². The largest absolute Gasteiger partial charge is 0.496 e. The van der Waals surface area contributed by atoms with E-state index < -0.39 is 26.2 Å². The van der Waals surface area contributed by atoms with E-state index in [4.69, 9.17) is 16.3 Å². The number of hydrogen-bond acceptors (Lipinski definition) is 4. The maximum absolute atomic E-state index is 13.3. The highest BCUT2D eigenvalue weighted by Gasteiger charge is 2.57. The Morgan fingerprint density at radius 1 is 1.00 bits per heavy atom. The van der Waals surface area contributed by atoms with Gasteiger partial charge < -0.3 is 4.74 Å². The molecule has 0 bridgehead atoms. The van der Waals surface area contributed by atoms with Crippen LogP contribution in [0.15, 0.2) is 36.4 Å². The topological polar surface area (TPSA) is 60.4 Å². The van der Waals surface area contributed by atoms with Crippen LogP contribution in [-0.4, -0.2) is 32.4 Å². The minimum Gasteiger partial charge on any atom is -0.496 e. The number of ketones is 2. The number of ether oxygens (including phenoxy) is 1. The Balaban J connectivity index is 2.16. The molecule has 0 unspecified atom stereocenters. The average molecular weight is 447 g/mol. The van der Waals surface area contributed by atoms with Crippen LogP contribution in [0.1, 0.15) is 51.7 Å². The summed E-state index contributed by atoms with van der Waals surface area (Å²) in [6, 6.07) is 11.1. The summed E-state index contributed by atoms with van der Waals surface area (Å²) in [7, 11) is 0.00721. The number of aryl methyl sites for hydroxylation is 1. The van der Waals surface area contributed by atoms with Gasteiger partial charge in [0, 0.05) is 21.4 Å². The molecule has 2 aromatic rings. The van der Waals surface area contributed by atoms with E-state index in [1.807, 2.05) is 37.3 Å². The Hall–Kier alpha value is -1.98. The van der Waals surface area contributed by atoms with Crippen LogP contribution in [0.4, 0.5) is 0 Å². The zero-order valence-corrected chi connectivity index (χ0v) is 19.7. The van der Waals surface area contributed by atoms with E-state index in [0.29, 0.717) is 22.8 Å². The Morgan fingerprint density at radius 2 is 1.60 bits per heavy atom. The quantitative estimate of drug-likeness (QED) is 0.611. The van der Waals surface area contributed by atoms with Gasteiger partial charge in [-0.05, 0) is 69.0 Å². The number of Topliss-reactive ketones (excluding diaryl/α,β-unsaturated/α-hetero) is 2. The van der Waals surface area contributed by atoms with Crippen LogP contribution in [-0.2, 0) is 26.8 Å². The van der Waals surface area contributed by atoms with Crippen LogP contribution in [0.25, 0.3) is 11.1 Å². The Labute approximate surface area is 185 Å². The summed E-state index contributed by atoms with van der Waals surface area (Å²) in [6.07, 6.45) is 0.646. The SMILES string of the molecule is CCc1cc(-c2cc(Cl)ccc2OC)ccc1C1C(=O)C(C)(C)S(=O)C(C)(C)C1=O. The fraction of sp³-hybridized carbons (Fsp3) is 0.417. The second-order valence-corrected chi connectivity index (χ2v) is 11.6. The molecule has 0 N–H and O–H groups in total. The van der Waals surface area contributed by atoms with E-state index in [1.54, 1.807) is 40.9 Å². The number of carbonyl (C=O) groups is 2. The molecule has 0 amide bonds. The molecule has 4 nitrogen and oxygen atoms in total. The van der Waals surface area contributed by atoms with Crippen molar-refractivity contribution >= 4 is 34.0 Å². The monoisotopic (exact) mass is 446 g/mol. The number of halogens is 1. The molecule has 0 aliphatic carbocycles. The van der Waals surface area contributed by atoms with Crippen LogP contribution in [0.3, 0.4) is 0 Å². The maximum Gasteiger partial charge on any atom is 0.165 e. The van der Waals surface area contributed by atoms with Crippen LogP contribution < -0.4 is 4.74 Å². The number of carbonyl (C=O) groups excluding carboxylic acids is 2. The fourth-order valence-electron chi connectivity index (χ4n) is 4.18. The molecule has 1 aliphatic heterocycles. The smallest absolute Gasteiger partial charge is 0.165 e. The number of benzene rings is 2. The van der Waals surface area contributed by atoms with Crippen LogP contribution in [0.5, 0.6) is 5.75 Å². The summed E-state index contributed by atoms with van der Waals surface area (Å²) < 4.78 is 16.2. The van der Waals surface area contributed by atoms with Gasteiger partial charge >= 0.3 is 0 Å². The first-order valence-electron chi connectivity index (χ1n) is 9.94. The highest BCUT2D eigenvalue weighted by atomic mass is 35.5. The molecule has 1 saturated heterocycles. The van der Waals surface area contributed by atoms with Crippen molar-refractivity contribution in [3.05, 3.63) is 52.5 Å². The molecule has 0 radical (unpaired) electrons. The fourth-order valence-corrected chi connectivity index (χ4v) is 6.23. The van der Waals surface area contributed by atoms with Gasteiger partial charge in [-0.15, -0.1) is 0 Å². The summed E-state index contributed by atoms with van der Waals surface area (Å²) in [5, 5.41) is 0.594. The highest BCUT2D eigenvalue weighted by Crippen LogP contribution is 2.43. The molecular formula is C24H27ClO4S. The zero-order valence-electron chi connectivity index (χ0n) is 18.2. The van der Waals surface area contributed by atoms with Crippen molar-refractivity contribution in [1.29, 1.82) is 0 Å². The molecule has 0 spiro atoms. The summed E-state index contributed by atoms with van der Waals surface area (Å²) in [6.45, 7) is 8.67. The molecular weight excluding hydrogens is 420 g/mol. The molecule has 1 fully saturated rings. The standard InChI is InChI=1S/C24H27ClO4S/c1-7-14-12-15(18-13-16(25)9-11-19(18)29-6)8-10-17(14)20-21(26)23(2,3)30(28)24(4,5)22(20)27/h8-13,20H,7H2,1-6H3. The molecule has 0 atom stereocenters. The number of rotatable bonds is 4. The lowest BCUT2D eigenvalue weighted by atomic mass is 9.77. The first-order chi connectivity index (χ1) is 14.0. The van der Waals surface area contributed by atoms with Gasteiger partial charge in [-0.25, -0.2) is 0 Å². The van der Waals surface area contributed by atoms with Gasteiger partial charge in [-0.3, -0.25) is 13.8 Å². The summed E-state index contributed by atoms with van der Waals surface area (Å²) >= 11 is 6.19. The molecule has 0 aromatic heterocycles. The van der Waals surface area contributed by atoms with Crippen LogP contribution in [0.2, 0.25) is 5.02 Å². The second kappa shape index (κ2) is 7.93. The Morgan fingerprint density at radius 3 is 2.13 bits per heavy atom. The molecule has 3 rings (SSSR count). The van der Waals surface area contributed by atoms with E-state index >= 15 is 0 Å². The third kappa shape index (κ3) is 3.52. The molecule has 1 aliphatic rings. The summed E-state index contributed by atoms with van der Waals surface area (Å²) in [5.41, 5.74) is 3.33. The second-order valence-electron chi connectivity index (χ2n) is 8.56. The van der Waals surface area contributed by atoms with Gasteiger partial charge in [0.25, 0.3) is 0 Å². The van der Waals surface area contributed by atoms with Crippen molar-refractivity contribution in [3.8, 4) is 16.9 Å². The van der Waals surface area contributed by atoms with Gasteiger partial charge in [0.15, 0.2) is 11.6 Å². The Bertz CT molecular complexity index is 1030. The van der Waals surface area contributed by atoms with Gasteiger partial charge in [-0.1, -0.05) is 36.7 Å². The molecule has 0 saturated carbocycles. The average Bonchev–Trinajstić information content (AvgIpc) is 2.72. The van der Waals surface area contributed by atoms with Gasteiger partial charge in [0.2, 0.25) is 0 Å². The van der Waals surface area contributed by atoms with E-state index in [1.165, 1.54) is 0 Å². The predicted octanol–water partition coefficient (Wildman–Crippen LogP) is 5.12. The van der Waals surface area contributed by atoms with Gasteiger partial charge in [0.1, 0.15) is 21.2 Å². The minimum atomic E-state index is -1.60. The molecule has 30 heavy (non-hydrogen) atoms. The van der Waals surface area contributed by atoms with Crippen molar-refractivity contribution in [1.82, 2.24) is 0 Å². The van der Waals surface area contributed by atoms with Crippen LogP contribution in [0, 0.1) is 0 Å². The van der Waals surface area contributed by atoms with Gasteiger partial charge in [-0.2, -0.15) is 0 Å². The van der Waals surface area contributed by atoms with E-state index in [-0.39, 0.29) is 11.6 Å². The number of methoxy groups -OCH3 is 1. The molecule has 6 heteroatoms. The Kier molecular flexibility index (Phi) is 6.00. The van der Waals surface area contributed by atoms with E-state index in [9.17, 15) is 13.8 Å². The van der Waals surface area contributed by atoms with Gasteiger partial charge in [0.05, 0.1) is 7.11 Å². The maximum atomic E-state index is 13.3.